The van der Waals surface area contributed by atoms with E-state index in [1.54, 1.807) is 19.1 Å². The Hall–Kier alpha value is -3.72. The van der Waals surface area contributed by atoms with E-state index in [0.29, 0.717) is 18.1 Å². The van der Waals surface area contributed by atoms with Crippen LogP contribution < -0.4 is 10.5 Å². The van der Waals surface area contributed by atoms with Gasteiger partial charge in [-0.05, 0) is 37.1 Å². The van der Waals surface area contributed by atoms with Crippen molar-refractivity contribution >= 4 is 5.97 Å². The maximum absolute atomic E-state index is 12.9. The smallest absolute Gasteiger partial charge is 0.338 e. The van der Waals surface area contributed by atoms with Crippen LogP contribution >= 0.6 is 0 Å². The summed E-state index contributed by atoms with van der Waals surface area (Å²) in [7, 11) is 0. The highest BCUT2D eigenvalue weighted by molar-refractivity contribution is 5.92. The zero-order valence-electron chi connectivity index (χ0n) is 16.3. The molecule has 1 heterocycles. The number of carbonyl (C=O) groups excluding carboxylic acids is 1. The van der Waals surface area contributed by atoms with E-state index < -0.39 is 11.9 Å². The lowest BCUT2D eigenvalue weighted by atomic mass is 9.83. The molecule has 3 rings (SSSR count). The summed E-state index contributed by atoms with van der Waals surface area (Å²) in [5.74, 6) is -0.215. The molecule has 2 aromatic carbocycles. The Morgan fingerprint density at radius 1 is 1.17 bits per heavy atom. The van der Waals surface area contributed by atoms with Gasteiger partial charge in [-0.2, -0.15) is 5.26 Å². The first kappa shape index (κ1) is 20.0. The zero-order chi connectivity index (χ0) is 20.8. The van der Waals surface area contributed by atoms with Crippen LogP contribution in [0.1, 0.15) is 30.9 Å². The number of nitrogens with zero attached hydrogens (tertiary/aromatic N) is 1. The second-order valence-corrected chi connectivity index (χ2v) is 6.46. The molecule has 0 radical (unpaired) electrons. The van der Waals surface area contributed by atoms with Gasteiger partial charge in [-0.25, -0.2) is 4.79 Å². The molecule has 1 aliphatic heterocycles. The molecule has 6 heteroatoms. The molecule has 2 aromatic rings. The number of nitrogens with two attached hydrogens (primary N) is 1. The number of carbonyl (C=O) groups is 1. The Labute approximate surface area is 169 Å². The molecule has 0 saturated heterocycles. The molecule has 29 heavy (non-hydrogen) atoms. The lowest BCUT2D eigenvalue weighted by molar-refractivity contribution is -0.140. The van der Waals surface area contributed by atoms with Crippen LogP contribution in [0.3, 0.4) is 0 Å². The Morgan fingerprint density at radius 2 is 1.86 bits per heavy atom. The molecule has 0 aliphatic carbocycles. The highest BCUT2D eigenvalue weighted by Gasteiger charge is 2.36. The lowest BCUT2D eigenvalue weighted by Gasteiger charge is -2.27. The minimum Gasteiger partial charge on any atom is -0.494 e. The number of allylic oxidation sites excluding steroid dienone is 2. The van der Waals surface area contributed by atoms with Crippen LogP contribution in [0.2, 0.25) is 0 Å². The molecule has 0 saturated carbocycles. The first-order valence-corrected chi connectivity index (χ1v) is 9.27. The van der Waals surface area contributed by atoms with E-state index in [4.69, 9.17) is 19.9 Å². The van der Waals surface area contributed by atoms with Gasteiger partial charge in [-0.15, -0.1) is 0 Å². The third-order valence-electron chi connectivity index (χ3n) is 4.56. The van der Waals surface area contributed by atoms with Gasteiger partial charge in [0.25, 0.3) is 0 Å². The van der Waals surface area contributed by atoms with Crippen molar-refractivity contribution in [1.82, 2.24) is 0 Å². The van der Waals surface area contributed by atoms with Crippen molar-refractivity contribution in [3.05, 3.63) is 88.5 Å². The predicted octanol–water partition coefficient (Wildman–Crippen LogP) is 3.91. The van der Waals surface area contributed by atoms with Crippen LogP contribution in [0.25, 0.3) is 0 Å². The van der Waals surface area contributed by atoms with Gasteiger partial charge in [0.2, 0.25) is 5.88 Å². The second-order valence-electron chi connectivity index (χ2n) is 6.46. The average Bonchev–Trinajstić information content (AvgIpc) is 2.73. The third-order valence-corrected chi connectivity index (χ3v) is 4.56. The van der Waals surface area contributed by atoms with Crippen molar-refractivity contribution in [2.24, 2.45) is 5.73 Å². The van der Waals surface area contributed by atoms with Gasteiger partial charge in [0.05, 0.1) is 18.1 Å². The van der Waals surface area contributed by atoms with Crippen molar-refractivity contribution in [2.75, 3.05) is 6.61 Å². The molecule has 0 aromatic heterocycles. The molecule has 0 fully saturated rings. The summed E-state index contributed by atoms with van der Waals surface area (Å²) in [6.07, 6.45) is 0. The molecule has 1 atom stereocenters. The van der Waals surface area contributed by atoms with Crippen LogP contribution in [0.4, 0.5) is 0 Å². The summed E-state index contributed by atoms with van der Waals surface area (Å²) in [4.78, 5) is 12.9. The van der Waals surface area contributed by atoms with E-state index in [-0.39, 0.29) is 23.6 Å². The number of nitriles is 1. The monoisotopic (exact) mass is 390 g/mol. The van der Waals surface area contributed by atoms with Crippen LogP contribution in [0, 0.1) is 11.3 Å². The Balaban J connectivity index is 1.92. The highest BCUT2D eigenvalue weighted by atomic mass is 16.5. The molecular weight excluding hydrogens is 368 g/mol. The fraction of sp³-hybridized carbons (Fsp3) is 0.217. The molecule has 1 aliphatic rings. The summed E-state index contributed by atoms with van der Waals surface area (Å²) < 4.78 is 16.5. The summed E-state index contributed by atoms with van der Waals surface area (Å²) in [5, 5.41) is 9.66. The highest BCUT2D eigenvalue weighted by Crippen LogP contribution is 2.40. The van der Waals surface area contributed by atoms with Crippen molar-refractivity contribution < 1.29 is 19.0 Å². The van der Waals surface area contributed by atoms with E-state index in [9.17, 15) is 10.1 Å². The van der Waals surface area contributed by atoms with E-state index in [2.05, 4.69) is 6.07 Å². The SMILES string of the molecule is CCOc1ccc(C2C(C#N)=C(N)OC(C)=C2C(=O)OCc2ccccc2)cc1. The van der Waals surface area contributed by atoms with Crippen molar-refractivity contribution in [3.63, 3.8) is 0 Å². The summed E-state index contributed by atoms with van der Waals surface area (Å²) in [5.41, 5.74) is 7.96. The zero-order valence-corrected chi connectivity index (χ0v) is 16.3. The van der Waals surface area contributed by atoms with Gasteiger partial charge in [0.15, 0.2) is 0 Å². The number of benzene rings is 2. The Morgan fingerprint density at radius 3 is 2.48 bits per heavy atom. The quantitative estimate of drug-likeness (QED) is 0.752. The first-order valence-electron chi connectivity index (χ1n) is 9.27. The minimum absolute atomic E-state index is 0.0107. The lowest BCUT2D eigenvalue weighted by Crippen LogP contribution is -2.25. The van der Waals surface area contributed by atoms with Gasteiger partial charge in [0, 0.05) is 0 Å². The van der Waals surface area contributed by atoms with Crippen LogP contribution in [-0.2, 0) is 20.9 Å². The maximum atomic E-state index is 12.9. The van der Waals surface area contributed by atoms with Crippen molar-refractivity contribution in [3.8, 4) is 11.8 Å². The standard InChI is InChI=1S/C23H22N2O4/c1-3-27-18-11-9-17(10-12-18)21-19(13-24)22(25)29-15(2)20(21)23(26)28-14-16-7-5-4-6-8-16/h4-12,21H,3,14,25H2,1-2H3. The van der Waals surface area contributed by atoms with E-state index in [1.807, 2.05) is 49.4 Å². The average molecular weight is 390 g/mol. The van der Waals surface area contributed by atoms with Gasteiger partial charge in [-0.3, -0.25) is 0 Å². The second kappa shape index (κ2) is 8.98. The van der Waals surface area contributed by atoms with Crippen molar-refractivity contribution in [2.45, 2.75) is 26.4 Å². The molecule has 148 valence electrons. The number of hydrogen-bond acceptors (Lipinski definition) is 6. The topological polar surface area (TPSA) is 94.6 Å². The third kappa shape index (κ3) is 4.41. The van der Waals surface area contributed by atoms with Gasteiger partial charge in [-0.1, -0.05) is 42.5 Å². The minimum atomic E-state index is -0.673. The Kier molecular flexibility index (Phi) is 6.20. The van der Waals surface area contributed by atoms with E-state index in [0.717, 1.165) is 11.1 Å². The van der Waals surface area contributed by atoms with Gasteiger partial charge in [0.1, 0.15) is 29.8 Å². The van der Waals surface area contributed by atoms with Crippen LogP contribution in [0.15, 0.2) is 77.4 Å². The van der Waals surface area contributed by atoms with Gasteiger partial charge >= 0.3 is 5.97 Å². The molecule has 0 spiro atoms. The fourth-order valence-electron chi connectivity index (χ4n) is 3.20. The summed E-state index contributed by atoms with van der Waals surface area (Å²) >= 11 is 0. The summed E-state index contributed by atoms with van der Waals surface area (Å²) in [6, 6.07) is 18.7. The predicted molar refractivity (Wildman–Crippen MR) is 107 cm³/mol. The molecule has 2 N–H and O–H groups in total. The van der Waals surface area contributed by atoms with Crippen LogP contribution in [0.5, 0.6) is 5.75 Å². The number of rotatable bonds is 6. The number of ether oxygens (including phenoxy) is 3. The molecule has 0 amide bonds. The van der Waals surface area contributed by atoms with E-state index >= 15 is 0 Å². The molecule has 6 nitrogen and oxygen atoms in total. The summed E-state index contributed by atoms with van der Waals surface area (Å²) in [6.45, 7) is 4.20. The largest absolute Gasteiger partial charge is 0.494 e. The molecule has 1 unspecified atom stereocenters. The normalized spacial score (nSPS) is 16.1. The maximum Gasteiger partial charge on any atom is 0.338 e. The number of esters is 1. The Bertz CT molecular complexity index is 986. The van der Waals surface area contributed by atoms with Gasteiger partial charge < -0.3 is 19.9 Å². The molecule has 0 bridgehead atoms. The van der Waals surface area contributed by atoms with E-state index in [1.165, 1.54) is 0 Å². The first-order chi connectivity index (χ1) is 14.0. The van der Waals surface area contributed by atoms with Crippen LogP contribution in [-0.4, -0.2) is 12.6 Å². The fourth-order valence-corrected chi connectivity index (χ4v) is 3.20. The molecular formula is C23H22N2O4. The van der Waals surface area contributed by atoms with Crippen molar-refractivity contribution in [1.29, 1.82) is 5.26 Å². The number of hydrogen-bond donors (Lipinski definition) is 1.